The fourth-order valence-electron chi connectivity index (χ4n) is 4.45. The molecule has 5 rings (SSSR count). The van der Waals surface area contributed by atoms with Gasteiger partial charge in [0.2, 0.25) is 5.91 Å². The molecule has 23 heavy (non-hydrogen) atoms. The summed E-state index contributed by atoms with van der Waals surface area (Å²) in [6, 6.07) is 8.48. The number of amides is 1. The number of carbonyl (C=O) groups excluding carboxylic acids is 1. The van der Waals surface area contributed by atoms with Gasteiger partial charge in [-0.25, -0.2) is 4.98 Å². The molecule has 0 bridgehead atoms. The maximum Gasteiger partial charge on any atom is 0.254 e. The number of fused-ring (bicyclic) bond motifs is 4. The third-order valence-electron chi connectivity index (χ3n) is 5.65. The molecule has 1 aromatic carbocycles. The lowest BCUT2D eigenvalue weighted by atomic mass is 10.0. The topological polar surface area (TPSA) is 66.1 Å². The van der Waals surface area contributed by atoms with Gasteiger partial charge in [0.25, 0.3) is 5.56 Å². The minimum absolute atomic E-state index is 0.0701. The fourth-order valence-corrected chi connectivity index (χ4v) is 4.45. The molecule has 1 fully saturated rings. The third-order valence-corrected chi connectivity index (χ3v) is 5.65. The molecule has 116 valence electrons. The van der Waals surface area contributed by atoms with E-state index in [2.05, 4.69) is 34.2 Å². The van der Waals surface area contributed by atoms with E-state index in [-0.39, 0.29) is 17.4 Å². The Balaban J connectivity index is 1.37. The van der Waals surface area contributed by atoms with Crippen LogP contribution in [0, 0.1) is 11.8 Å². The number of aromatic nitrogens is 2. The van der Waals surface area contributed by atoms with Crippen molar-refractivity contribution in [1.29, 1.82) is 0 Å². The molecule has 3 unspecified atom stereocenters. The highest BCUT2D eigenvalue weighted by molar-refractivity contribution is 5.85. The summed E-state index contributed by atoms with van der Waals surface area (Å²) < 4.78 is 0. The Kier molecular flexibility index (Phi) is 2.57. The lowest BCUT2D eigenvalue weighted by Gasteiger charge is -2.28. The van der Waals surface area contributed by atoms with E-state index in [0.29, 0.717) is 31.3 Å². The van der Waals surface area contributed by atoms with Crippen LogP contribution in [0.15, 0.2) is 35.4 Å². The predicted molar refractivity (Wildman–Crippen MR) is 83.8 cm³/mol. The number of rotatable bonds is 1. The maximum absolute atomic E-state index is 12.9. The van der Waals surface area contributed by atoms with Crippen molar-refractivity contribution in [3.63, 3.8) is 0 Å². The highest BCUT2D eigenvalue weighted by Gasteiger charge is 2.60. The van der Waals surface area contributed by atoms with Crippen LogP contribution < -0.4 is 5.56 Å². The SMILES string of the molecule is O=C(C1C2Cc3ccccc3C21)N1CCc2c(nc[nH]c2=O)C1. The predicted octanol–water partition coefficient (Wildman–Crippen LogP) is 1.24. The summed E-state index contributed by atoms with van der Waals surface area (Å²) in [6.07, 6.45) is 3.06. The van der Waals surface area contributed by atoms with Crippen molar-refractivity contribution in [2.75, 3.05) is 6.54 Å². The zero-order chi connectivity index (χ0) is 15.6. The van der Waals surface area contributed by atoms with Gasteiger partial charge in [-0.05, 0) is 35.8 Å². The largest absolute Gasteiger partial charge is 0.336 e. The second kappa shape index (κ2) is 4.54. The molecule has 3 atom stereocenters. The summed E-state index contributed by atoms with van der Waals surface area (Å²) in [7, 11) is 0. The first-order chi connectivity index (χ1) is 11.2. The van der Waals surface area contributed by atoms with E-state index >= 15 is 0 Å². The van der Waals surface area contributed by atoms with E-state index in [4.69, 9.17) is 0 Å². The molecule has 1 aromatic heterocycles. The minimum atomic E-state index is -0.0701. The molecular formula is C18H17N3O2. The van der Waals surface area contributed by atoms with Crippen LogP contribution in [0.3, 0.4) is 0 Å². The first kappa shape index (κ1) is 13.0. The Morgan fingerprint density at radius 3 is 3.09 bits per heavy atom. The van der Waals surface area contributed by atoms with Gasteiger partial charge in [-0.3, -0.25) is 9.59 Å². The molecular weight excluding hydrogens is 290 g/mol. The number of nitrogens with one attached hydrogen (secondary N) is 1. The quantitative estimate of drug-likeness (QED) is 0.862. The van der Waals surface area contributed by atoms with E-state index in [1.54, 1.807) is 0 Å². The Hall–Kier alpha value is -2.43. The summed E-state index contributed by atoms with van der Waals surface area (Å²) in [6.45, 7) is 1.09. The first-order valence-corrected chi connectivity index (χ1v) is 8.16. The Bertz CT molecular complexity index is 873. The summed E-state index contributed by atoms with van der Waals surface area (Å²) in [5.41, 5.74) is 4.18. The molecule has 1 N–H and O–H groups in total. The van der Waals surface area contributed by atoms with E-state index in [0.717, 1.165) is 17.7 Å². The number of hydrogen-bond donors (Lipinski definition) is 1. The average molecular weight is 307 g/mol. The highest BCUT2D eigenvalue weighted by atomic mass is 16.2. The smallest absolute Gasteiger partial charge is 0.254 e. The molecule has 2 heterocycles. The molecule has 0 radical (unpaired) electrons. The molecule has 5 nitrogen and oxygen atoms in total. The zero-order valence-electron chi connectivity index (χ0n) is 12.7. The molecule has 0 spiro atoms. The van der Waals surface area contributed by atoms with Crippen LogP contribution in [0.25, 0.3) is 0 Å². The molecule has 5 heteroatoms. The van der Waals surface area contributed by atoms with Gasteiger partial charge in [-0.1, -0.05) is 24.3 Å². The lowest BCUT2D eigenvalue weighted by Crippen LogP contribution is -2.40. The van der Waals surface area contributed by atoms with Crippen molar-refractivity contribution in [1.82, 2.24) is 14.9 Å². The molecule has 2 aromatic rings. The Labute approximate surface area is 133 Å². The van der Waals surface area contributed by atoms with E-state index < -0.39 is 0 Å². The van der Waals surface area contributed by atoms with E-state index in [1.807, 2.05) is 4.90 Å². The van der Waals surface area contributed by atoms with E-state index in [9.17, 15) is 9.59 Å². The number of aromatic amines is 1. The Morgan fingerprint density at radius 2 is 2.17 bits per heavy atom. The van der Waals surface area contributed by atoms with Crippen molar-refractivity contribution in [2.45, 2.75) is 25.3 Å². The van der Waals surface area contributed by atoms with Crippen molar-refractivity contribution in [3.05, 3.63) is 63.3 Å². The number of nitrogens with zero attached hydrogens (tertiary/aromatic N) is 2. The normalized spacial score (nSPS) is 27.1. The summed E-state index contributed by atoms with van der Waals surface area (Å²) in [4.78, 5) is 33.4. The standard InChI is InChI=1S/C18H17N3O2/c22-17-12-5-6-21(8-14(12)19-9-20-17)18(23)16-13-7-10-3-1-2-4-11(10)15(13)16/h1-4,9,13,15-16H,5-8H2,(H,19,20,22). The summed E-state index contributed by atoms with van der Waals surface area (Å²) >= 11 is 0. The fraction of sp³-hybridized carbons (Fsp3) is 0.389. The van der Waals surface area contributed by atoms with Gasteiger partial charge in [0.05, 0.1) is 18.6 Å². The van der Waals surface area contributed by atoms with E-state index in [1.165, 1.54) is 17.5 Å². The van der Waals surface area contributed by atoms with Crippen molar-refractivity contribution in [3.8, 4) is 0 Å². The maximum atomic E-state index is 12.9. The number of benzene rings is 1. The summed E-state index contributed by atoms with van der Waals surface area (Å²) in [5.74, 6) is 1.26. The number of H-pyrrole nitrogens is 1. The van der Waals surface area contributed by atoms with Gasteiger partial charge >= 0.3 is 0 Å². The van der Waals surface area contributed by atoms with Crippen LogP contribution in [0.5, 0.6) is 0 Å². The monoisotopic (exact) mass is 307 g/mol. The second-order valence-corrected chi connectivity index (χ2v) is 6.79. The minimum Gasteiger partial charge on any atom is -0.336 e. The van der Waals surface area contributed by atoms with Gasteiger partial charge < -0.3 is 9.88 Å². The van der Waals surface area contributed by atoms with Crippen molar-refractivity contribution >= 4 is 5.91 Å². The van der Waals surface area contributed by atoms with Gasteiger partial charge in [-0.2, -0.15) is 0 Å². The Morgan fingerprint density at radius 1 is 1.30 bits per heavy atom. The van der Waals surface area contributed by atoms with Crippen LogP contribution in [-0.4, -0.2) is 27.3 Å². The lowest BCUT2D eigenvalue weighted by molar-refractivity contribution is -0.134. The van der Waals surface area contributed by atoms with Crippen LogP contribution in [0.4, 0.5) is 0 Å². The molecule has 3 aliphatic rings. The van der Waals surface area contributed by atoms with Crippen LogP contribution in [0.2, 0.25) is 0 Å². The molecule has 1 aliphatic heterocycles. The summed E-state index contributed by atoms with van der Waals surface area (Å²) in [5, 5.41) is 0. The van der Waals surface area contributed by atoms with Crippen molar-refractivity contribution < 1.29 is 4.79 Å². The number of hydrogen-bond acceptors (Lipinski definition) is 3. The number of carbonyl (C=O) groups is 1. The van der Waals surface area contributed by atoms with Gasteiger partial charge in [0.1, 0.15) is 0 Å². The van der Waals surface area contributed by atoms with Gasteiger partial charge in [0.15, 0.2) is 0 Å². The molecule has 1 saturated carbocycles. The first-order valence-electron chi connectivity index (χ1n) is 8.16. The van der Waals surface area contributed by atoms with Crippen LogP contribution >= 0.6 is 0 Å². The molecule has 1 amide bonds. The van der Waals surface area contributed by atoms with Crippen LogP contribution in [-0.2, 0) is 24.2 Å². The third kappa shape index (κ3) is 1.82. The van der Waals surface area contributed by atoms with Gasteiger partial charge in [-0.15, -0.1) is 0 Å². The van der Waals surface area contributed by atoms with Crippen molar-refractivity contribution in [2.24, 2.45) is 11.8 Å². The molecule has 2 aliphatic carbocycles. The average Bonchev–Trinajstić information content (AvgIpc) is 3.16. The zero-order valence-corrected chi connectivity index (χ0v) is 12.7. The second-order valence-electron chi connectivity index (χ2n) is 6.79. The van der Waals surface area contributed by atoms with Crippen LogP contribution in [0.1, 0.15) is 28.3 Å². The highest BCUT2D eigenvalue weighted by Crippen LogP contribution is 2.61. The van der Waals surface area contributed by atoms with Gasteiger partial charge in [0, 0.05) is 18.0 Å². The molecule has 0 saturated heterocycles.